The maximum atomic E-state index is 11.5. The molecule has 4 rings (SSSR count). The van der Waals surface area contributed by atoms with Crippen LogP contribution in [0.25, 0.3) is 10.8 Å². The van der Waals surface area contributed by atoms with Gasteiger partial charge in [0.05, 0.1) is 7.11 Å². The van der Waals surface area contributed by atoms with Crippen LogP contribution >= 0.6 is 0 Å². The number of aryl methyl sites for hydroxylation is 1. The molecule has 4 heteroatoms. The monoisotopic (exact) mass is 402 g/mol. The average Bonchev–Trinajstić information content (AvgIpc) is 2.78. The molecule has 4 nitrogen and oxygen atoms in total. The minimum atomic E-state index is -0.164. The molecule has 0 amide bonds. The molecular formula is C26H30N2O2. The van der Waals surface area contributed by atoms with Gasteiger partial charge < -0.3 is 4.74 Å². The highest BCUT2D eigenvalue weighted by Crippen LogP contribution is 2.25. The third-order valence-corrected chi connectivity index (χ3v) is 5.99. The molecule has 0 spiro atoms. The number of esters is 1. The molecule has 3 aromatic rings. The molecule has 30 heavy (non-hydrogen) atoms. The highest BCUT2D eigenvalue weighted by atomic mass is 16.5. The van der Waals surface area contributed by atoms with Crippen molar-refractivity contribution in [2.24, 2.45) is 0 Å². The molecule has 0 unspecified atom stereocenters. The van der Waals surface area contributed by atoms with E-state index in [1.54, 1.807) is 0 Å². The van der Waals surface area contributed by atoms with Gasteiger partial charge in [-0.1, -0.05) is 36.8 Å². The van der Waals surface area contributed by atoms with Crippen molar-refractivity contribution in [3.63, 3.8) is 0 Å². The van der Waals surface area contributed by atoms with Gasteiger partial charge in [0.25, 0.3) is 0 Å². The number of methoxy groups -OCH3 is 1. The number of rotatable bonds is 7. The van der Waals surface area contributed by atoms with Crippen molar-refractivity contribution in [3.05, 3.63) is 77.1 Å². The number of hydrogen-bond donors (Lipinski definition) is 0. The minimum Gasteiger partial charge on any atom is -0.469 e. The Hall–Kier alpha value is -2.72. The van der Waals surface area contributed by atoms with Gasteiger partial charge in [-0.05, 0) is 78.5 Å². The van der Waals surface area contributed by atoms with E-state index in [0.717, 1.165) is 13.0 Å². The van der Waals surface area contributed by atoms with E-state index in [9.17, 15) is 4.79 Å². The molecular weight excluding hydrogens is 372 g/mol. The number of hydrogen-bond acceptors (Lipinski definition) is 4. The number of carbonyl (C=O) groups excluding carboxylic acids is 1. The van der Waals surface area contributed by atoms with Crippen LogP contribution in [0.5, 0.6) is 0 Å². The summed E-state index contributed by atoms with van der Waals surface area (Å²) in [5.74, 6) is -0.164. The van der Waals surface area contributed by atoms with Crippen LogP contribution in [0, 0.1) is 0 Å². The standard InChI is InChI=1S/C26H30N2O2/c1-30-26(29)9-8-20-6-5-7-21(14-20)15-24-17-22(19-28-12-3-2-4-13-28)16-23-10-11-27-18-25(23)24/h5-7,10-11,14,16-18H,2-4,8-9,12-13,15,19H2,1H3. The topological polar surface area (TPSA) is 42.4 Å². The first kappa shape index (κ1) is 20.5. The fraction of sp³-hybridized carbons (Fsp3) is 0.385. The van der Waals surface area contributed by atoms with Crippen molar-refractivity contribution in [2.75, 3.05) is 20.2 Å². The Morgan fingerprint density at radius 1 is 1.03 bits per heavy atom. The van der Waals surface area contributed by atoms with Gasteiger partial charge >= 0.3 is 5.97 Å². The molecule has 0 N–H and O–H groups in total. The fourth-order valence-corrected chi connectivity index (χ4v) is 4.42. The average molecular weight is 403 g/mol. The summed E-state index contributed by atoms with van der Waals surface area (Å²) in [6.45, 7) is 3.42. The van der Waals surface area contributed by atoms with Gasteiger partial charge in [-0.15, -0.1) is 0 Å². The third kappa shape index (κ3) is 5.25. The molecule has 0 atom stereocenters. The first-order valence-corrected chi connectivity index (χ1v) is 10.9. The molecule has 0 aliphatic carbocycles. The van der Waals surface area contributed by atoms with Crippen LogP contribution in [0.2, 0.25) is 0 Å². The quantitative estimate of drug-likeness (QED) is 0.526. The van der Waals surface area contributed by atoms with Gasteiger partial charge in [0, 0.05) is 30.7 Å². The number of aromatic nitrogens is 1. The lowest BCUT2D eigenvalue weighted by Gasteiger charge is -2.26. The SMILES string of the molecule is COC(=O)CCc1cccc(Cc2cc(CN3CCCCC3)cc3ccncc23)c1. The predicted molar refractivity (Wildman–Crippen MR) is 120 cm³/mol. The molecule has 0 saturated carbocycles. The first-order chi connectivity index (χ1) is 14.7. The summed E-state index contributed by atoms with van der Waals surface area (Å²) in [4.78, 5) is 18.4. The molecule has 2 heterocycles. The molecule has 1 aromatic heterocycles. The van der Waals surface area contributed by atoms with Crippen LogP contribution in [0.3, 0.4) is 0 Å². The summed E-state index contributed by atoms with van der Waals surface area (Å²) in [6.07, 6.45) is 9.82. The van der Waals surface area contributed by atoms with Crippen LogP contribution in [-0.2, 0) is 28.9 Å². The zero-order chi connectivity index (χ0) is 20.8. The van der Waals surface area contributed by atoms with Crippen LogP contribution in [0.15, 0.2) is 54.9 Å². The number of likely N-dealkylation sites (tertiary alicyclic amines) is 1. The Balaban J connectivity index is 1.57. The molecule has 1 fully saturated rings. The van der Waals surface area contributed by atoms with E-state index in [-0.39, 0.29) is 5.97 Å². The van der Waals surface area contributed by atoms with E-state index in [1.807, 2.05) is 12.4 Å². The number of pyridine rings is 1. The smallest absolute Gasteiger partial charge is 0.305 e. The highest BCUT2D eigenvalue weighted by Gasteiger charge is 2.13. The van der Waals surface area contributed by atoms with Gasteiger partial charge in [0.2, 0.25) is 0 Å². The molecule has 1 aliphatic rings. The van der Waals surface area contributed by atoms with Crippen LogP contribution in [-0.4, -0.2) is 36.1 Å². The van der Waals surface area contributed by atoms with Gasteiger partial charge in [-0.3, -0.25) is 14.7 Å². The Kier molecular flexibility index (Phi) is 6.75. The van der Waals surface area contributed by atoms with Crippen molar-refractivity contribution in [1.29, 1.82) is 0 Å². The number of nitrogens with zero attached hydrogens (tertiary/aromatic N) is 2. The summed E-state index contributed by atoms with van der Waals surface area (Å²) in [7, 11) is 1.44. The fourth-order valence-electron chi connectivity index (χ4n) is 4.42. The largest absolute Gasteiger partial charge is 0.469 e. The van der Waals surface area contributed by atoms with Crippen LogP contribution < -0.4 is 0 Å². The third-order valence-electron chi connectivity index (χ3n) is 5.99. The van der Waals surface area contributed by atoms with Gasteiger partial charge in [-0.25, -0.2) is 0 Å². The van der Waals surface area contributed by atoms with Crippen molar-refractivity contribution in [2.45, 2.75) is 45.1 Å². The number of piperidine rings is 1. The lowest BCUT2D eigenvalue weighted by molar-refractivity contribution is -0.140. The maximum Gasteiger partial charge on any atom is 0.305 e. The van der Waals surface area contributed by atoms with Crippen LogP contribution in [0.4, 0.5) is 0 Å². The molecule has 2 aromatic carbocycles. The summed E-state index contributed by atoms with van der Waals surface area (Å²) in [5.41, 5.74) is 5.13. The van der Waals surface area contributed by atoms with Gasteiger partial charge in [0.1, 0.15) is 0 Å². The lowest BCUT2D eigenvalue weighted by atomic mass is 9.95. The van der Waals surface area contributed by atoms with E-state index in [2.05, 4.69) is 52.3 Å². The summed E-state index contributed by atoms with van der Waals surface area (Å²) in [5, 5.41) is 2.48. The van der Waals surface area contributed by atoms with E-state index in [1.165, 1.54) is 72.5 Å². The zero-order valence-corrected chi connectivity index (χ0v) is 17.8. The zero-order valence-electron chi connectivity index (χ0n) is 17.8. The van der Waals surface area contributed by atoms with Crippen molar-refractivity contribution in [1.82, 2.24) is 9.88 Å². The summed E-state index contributed by atoms with van der Waals surface area (Å²) in [6, 6.07) is 15.3. The first-order valence-electron chi connectivity index (χ1n) is 10.9. The molecule has 0 radical (unpaired) electrons. The van der Waals surface area contributed by atoms with E-state index in [4.69, 9.17) is 4.74 Å². The second kappa shape index (κ2) is 9.86. The van der Waals surface area contributed by atoms with E-state index >= 15 is 0 Å². The van der Waals surface area contributed by atoms with E-state index < -0.39 is 0 Å². The van der Waals surface area contributed by atoms with Crippen molar-refractivity contribution >= 4 is 16.7 Å². The number of benzene rings is 2. The summed E-state index contributed by atoms with van der Waals surface area (Å²) >= 11 is 0. The Morgan fingerprint density at radius 2 is 1.87 bits per heavy atom. The second-order valence-corrected chi connectivity index (χ2v) is 8.26. The minimum absolute atomic E-state index is 0.164. The molecule has 1 saturated heterocycles. The van der Waals surface area contributed by atoms with Gasteiger partial charge in [-0.2, -0.15) is 0 Å². The second-order valence-electron chi connectivity index (χ2n) is 8.26. The molecule has 0 bridgehead atoms. The van der Waals surface area contributed by atoms with E-state index in [0.29, 0.717) is 12.8 Å². The Morgan fingerprint density at radius 3 is 2.70 bits per heavy atom. The Labute approximate surface area is 178 Å². The maximum absolute atomic E-state index is 11.5. The lowest BCUT2D eigenvalue weighted by Crippen LogP contribution is -2.29. The molecule has 156 valence electrons. The normalized spacial score (nSPS) is 14.7. The van der Waals surface area contributed by atoms with Crippen molar-refractivity contribution < 1.29 is 9.53 Å². The predicted octanol–water partition coefficient (Wildman–Crippen LogP) is 4.92. The number of fused-ring (bicyclic) bond motifs is 1. The van der Waals surface area contributed by atoms with Crippen LogP contribution in [0.1, 0.15) is 47.9 Å². The number of ether oxygens (including phenoxy) is 1. The highest BCUT2D eigenvalue weighted by molar-refractivity contribution is 5.86. The molecule has 1 aliphatic heterocycles. The van der Waals surface area contributed by atoms with Crippen molar-refractivity contribution in [3.8, 4) is 0 Å². The van der Waals surface area contributed by atoms with Gasteiger partial charge in [0.15, 0.2) is 0 Å². The summed E-state index contributed by atoms with van der Waals surface area (Å²) < 4.78 is 4.77. The Bertz CT molecular complexity index is 1010. The number of carbonyl (C=O) groups is 1.